The van der Waals surface area contributed by atoms with Crippen LogP contribution in [-0.2, 0) is 19.6 Å². The number of esters is 1. The number of carbonyl (C=O) groups excluding carboxylic acids is 2. The van der Waals surface area contributed by atoms with Gasteiger partial charge in [-0.15, -0.1) is 0 Å². The minimum atomic E-state index is -4.12. The third-order valence-corrected chi connectivity index (χ3v) is 4.54. The molecule has 17 heavy (non-hydrogen) atoms. The Bertz CT molecular complexity index is 604. The molecule has 0 heterocycles. The van der Waals surface area contributed by atoms with E-state index in [1.54, 1.807) is 22.6 Å². The lowest BCUT2D eigenvalue weighted by molar-refractivity contribution is 0.0599. The van der Waals surface area contributed by atoms with E-state index in [0.29, 0.717) is 0 Å². The van der Waals surface area contributed by atoms with Gasteiger partial charge >= 0.3 is 5.97 Å². The van der Waals surface area contributed by atoms with Crippen LogP contribution in [0.3, 0.4) is 0 Å². The van der Waals surface area contributed by atoms with E-state index in [4.69, 9.17) is 0 Å². The molecule has 0 N–H and O–H groups in total. The van der Waals surface area contributed by atoms with Crippen LogP contribution in [0.4, 0.5) is 0 Å². The van der Waals surface area contributed by atoms with Crippen molar-refractivity contribution in [3.8, 4) is 0 Å². The Balaban J connectivity index is 3.49. The molecule has 0 bridgehead atoms. The molecule has 8 heteroatoms. The van der Waals surface area contributed by atoms with Crippen molar-refractivity contribution in [3.05, 3.63) is 27.3 Å². The number of sulfonamides is 1. The molecule has 0 aliphatic rings. The Morgan fingerprint density at radius 2 is 2.12 bits per heavy atom. The quantitative estimate of drug-likeness (QED) is 0.346. The molecule has 0 radical (unpaired) electrons. The van der Waals surface area contributed by atoms with Crippen LogP contribution < -0.4 is 0 Å². The highest BCUT2D eigenvalue weighted by atomic mass is 127. The van der Waals surface area contributed by atoms with Gasteiger partial charge in [0.15, 0.2) is 0 Å². The second kappa shape index (κ2) is 5.39. The fourth-order valence-corrected chi connectivity index (χ4v) is 3.27. The monoisotopic (exact) mass is 367 g/mol. The van der Waals surface area contributed by atoms with Gasteiger partial charge in [-0.25, -0.2) is 9.59 Å². The maximum Gasteiger partial charge on any atom is 0.338 e. The van der Waals surface area contributed by atoms with Crippen LogP contribution in [0, 0.1) is 3.57 Å². The molecule has 0 atom stereocenters. The van der Waals surface area contributed by atoms with Crippen molar-refractivity contribution in [2.24, 2.45) is 4.40 Å². The maximum atomic E-state index is 11.5. The molecule has 6 nitrogen and oxygen atoms in total. The van der Waals surface area contributed by atoms with Crippen molar-refractivity contribution in [3.63, 3.8) is 0 Å². The summed E-state index contributed by atoms with van der Waals surface area (Å²) in [5.41, 5.74) is 0.0928. The molecular formula is C9H6INO5S. The summed E-state index contributed by atoms with van der Waals surface area (Å²) in [7, 11) is -2.94. The third kappa shape index (κ3) is 2.90. The van der Waals surface area contributed by atoms with Crippen molar-refractivity contribution >= 4 is 44.7 Å². The predicted molar refractivity (Wildman–Crippen MR) is 65.8 cm³/mol. The predicted octanol–water partition coefficient (Wildman–Crippen LogP) is 1.10. The summed E-state index contributed by atoms with van der Waals surface area (Å²) in [6, 6.07) is 4.02. The van der Waals surface area contributed by atoms with Crippen molar-refractivity contribution in [1.82, 2.24) is 0 Å². The van der Waals surface area contributed by atoms with Crippen LogP contribution in [-0.4, -0.2) is 27.6 Å². The minimum Gasteiger partial charge on any atom is -0.465 e. The fourth-order valence-electron chi connectivity index (χ4n) is 1.08. The molecule has 0 aliphatic heterocycles. The second-order valence-electron chi connectivity index (χ2n) is 2.77. The van der Waals surface area contributed by atoms with Crippen molar-refractivity contribution < 1.29 is 22.7 Å². The van der Waals surface area contributed by atoms with Gasteiger partial charge in [-0.1, -0.05) is 10.5 Å². The zero-order valence-corrected chi connectivity index (χ0v) is 11.5. The van der Waals surface area contributed by atoms with Crippen LogP contribution >= 0.6 is 22.6 Å². The van der Waals surface area contributed by atoms with E-state index in [9.17, 15) is 18.0 Å². The first kappa shape index (κ1) is 13.8. The number of rotatable bonds is 3. The number of ether oxygens (including phenoxy) is 1. The molecule has 0 aliphatic carbocycles. The number of hydrogen-bond donors (Lipinski definition) is 0. The van der Waals surface area contributed by atoms with Gasteiger partial charge in [0, 0.05) is 3.57 Å². The summed E-state index contributed by atoms with van der Waals surface area (Å²) in [6.45, 7) is 0. The molecule has 90 valence electrons. The van der Waals surface area contributed by atoms with Gasteiger partial charge in [0.05, 0.1) is 12.7 Å². The van der Waals surface area contributed by atoms with Gasteiger partial charge in [0.1, 0.15) is 4.90 Å². The number of benzene rings is 1. The largest absolute Gasteiger partial charge is 0.465 e. The first-order valence-corrected chi connectivity index (χ1v) is 6.67. The Kier molecular flexibility index (Phi) is 4.38. The van der Waals surface area contributed by atoms with Gasteiger partial charge in [0.2, 0.25) is 0 Å². The zero-order chi connectivity index (χ0) is 13.1. The summed E-state index contributed by atoms with van der Waals surface area (Å²) < 4.78 is 30.4. The smallest absolute Gasteiger partial charge is 0.338 e. The lowest BCUT2D eigenvalue weighted by atomic mass is 10.2. The molecule has 0 unspecified atom stereocenters. The first-order valence-electron chi connectivity index (χ1n) is 4.15. The minimum absolute atomic E-state index is 0.0928. The Labute approximate surface area is 111 Å². The van der Waals surface area contributed by atoms with Crippen molar-refractivity contribution in [2.75, 3.05) is 7.11 Å². The van der Waals surface area contributed by atoms with Gasteiger partial charge in [-0.3, -0.25) is 0 Å². The summed E-state index contributed by atoms with van der Waals surface area (Å²) >= 11 is 1.67. The molecule has 0 fully saturated rings. The number of nitrogens with zero attached hydrogens (tertiary/aromatic N) is 1. The van der Waals surface area contributed by atoms with E-state index in [2.05, 4.69) is 9.13 Å². The SMILES string of the molecule is COC(=O)c1cccc(S(=O)(=O)N=C=O)c1I. The number of hydrogen-bond acceptors (Lipinski definition) is 5. The summed E-state index contributed by atoms with van der Waals surface area (Å²) in [6.07, 6.45) is 0.964. The standard InChI is InChI=1S/C9H6INO5S/c1-16-9(13)6-3-2-4-7(8(6)10)17(14,15)11-5-12/h2-4H,1H3. The van der Waals surface area contributed by atoms with Gasteiger partial charge in [-0.2, -0.15) is 8.42 Å². The molecular weight excluding hydrogens is 361 g/mol. The highest BCUT2D eigenvalue weighted by molar-refractivity contribution is 14.1. The Hall–Kier alpha value is -1.25. The topological polar surface area (TPSA) is 89.9 Å². The average molecular weight is 367 g/mol. The normalized spacial score (nSPS) is 10.5. The molecule has 0 spiro atoms. The maximum absolute atomic E-state index is 11.5. The number of carbonyl (C=O) groups is 1. The van der Waals surface area contributed by atoms with Gasteiger partial charge in [0.25, 0.3) is 16.1 Å². The lowest BCUT2D eigenvalue weighted by Crippen LogP contribution is -2.08. The molecule has 1 rings (SSSR count). The van der Waals surface area contributed by atoms with Gasteiger partial charge < -0.3 is 4.74 Å². The highest BCUT2D eigenvalue weighted by Gasteiger charge is 2.21. The molecule has 1 aromatic rings. The number of isocyanates is 1. The van der Waals surface area contributed by atoms with E-state index in [1.165, 1.54) is 25.3 Å². The van der Waals surface area contributed by atoms with Crippen LogP contribution in [0.25, 0.3) is 0 Å². The molecule has 1 aromatic carbocycles. The van der Waals surface area contributed by atoms with E-state index in [1.807, 2.05) is 0 Å². The third-order valence-electron chi connectivity index (χ3n) is 1.80. The second-order valence-corrected chi connectivity index (χ2v) is 5.42. The van der Waals surface area contributed by atoms with Crippen molar-refractivity contribution in [1.29, 1.82) is 0 Å². The summed E-state index contributed by atoms with van der Waals surface area (Å²) in [4.78, 5) is 21.1. The Morgan fingerprint density at radius 1 is 1.47 bits per heavy atom. The summed E-state index contributed by atoms with van der Waals surface area (Å²) in [5.74, 6) is -0.665. The van der Waals surface area contributed by atoms with E-state index < -0.39 is 16.0 Å². The van der Waals surface area contributed by atoms with Gasteiger partial charge in [-0.05, 0) is 34.7 Å². The highest BCUT2D eigenvalue weighted by Crippen LogP contribution is 2.23. The zero-order valence-electron chi connectivity index (χ0n) is 8.51. The van der Waals surface area contributed by atoms with Crippen LogP contribution in [0.1, 0.15) is 10.4 Å². The lowest BCUT2D eigenvalue weighted by Gasteiger charge is -2.05. The fraction of sp³-hybridized carbons (Fsp3) is 0.111. The van der Waals surface area contributed by atoms with E-state index in [-0.39, 0.29) is 14.0 Å². The van der Waals surface area contributed by atoms with Crippen LogP contribution in [0.15, 0.2) is 27.5 Å². The number of methoxy groups -OCH3 is 1. The van der Waals surface area contributed by atoms with Crippen LogP contribution in [0.2, 0.25) is 0 Å². The van der Waals surface area contributed by atoms with E-state index >= 15 is 0 Å². The van der Waals surface area contributed by atoms with Crippen molar-refractivity contribution in [2.45, 2.75) is 4.90 Å². The molecule has 0 saturated carbocycles. The molecule has 0 amide bonds. The number of halogens is 1. The Morgan fingerprint density at radius 3 is 2.65 bits per heavy atom. The molecule has 0 aromatic heterocycles. The first-order chi connectivity index (χ1) is 7.94. The van der Waals surface area contributed by atoms with E-state index in [0.717, 1.165) is 6.08 Å². The summed E-state index contributed by atoms with van der Waals surface area (Å²) in [5, 5.41) is 0. The molecule has 0 saturated heterocycles. The van der Waals surface area contributed by atoms with Crippen LogP contribution in [0.5, 0.6) is 0 Å². The average Bonchev–Trinajstić information content (AvgIpc) is 2.28.